The fraction of sp³-hybridized carbons (Fsp3) is 0.750. The molecule has 1 aliphatic heterocycles. The molecule has 25 heavy (non-hydrogen) atoms. The van der Waals surface area contributed by atoms with Gasteiger partial charge in [0, 0.05) is 31.6 Å². The highest BCUT2D eigenvalue weighted by atomic mass is 32.2. The molecule has 0 unspecified atom stereocenters. The topological polar surface area (TPSA) is 105 Å². The largest absolute Gasteiger partial charge is 0.480 e. The lowest BCUT2D eigenvalue weighted by Gasteiger charge is -2.42. The highest BCUT2D eigenvalue weighted by Gasteiger charge is 2.39. The zero-order valence-corrected chi connectivity index (χ0v) is 14.9. The van der Waals surface area contributed by atoms with Gasteiger partial charge in [-0.2, -0.15) is 0 Å². The van der Waals surface area contributed by atoms with Crippen LogP contribution in [0, 0.1) is 5.92 Å². The van der Waals surface area contributed by atoms with Gasteiger partial charge in [0.25, 0.3) is 10.0 Å². The van der Waals surface area contributed by atoms with E-state index in [0.29, 0.717) is 25.3 Å². The van der Waals surface area contributed by atoms with Crippen LogP contribution in [0.1, 0.15) is 37.9 Å². The molecule has 3 aliphatic rings. The van der Waals surface area contributed by atoms with Crippen LogP contribution in [0.25, 0.3) is 0 Å². The average Bonchev–Trinajstić information content (AvgIpc) is 3.02. The van der Waals surface area contributed by atoms with Crippen molar-refractivity contribution >= 4 is 16.0 Å². The van der Waals surface area contributed by atoms with Crippen molar-refractivity contribution in [1.82, 2.24) is 19.2 Å². The number of fused-ring (bicyclic) bond motifs is 1. The Morgan fingerprint density at radius 1 is 1.40 bits per heavy atom. The van der Waals surface area contributed by atoms with E-state index in [2.05, 4.69) is 9.71 Å². The third-order valence-corrected chi connectivity index (χ3v) is 6.96. The first kappa shape index (κ1) is 17.0. The molecular weight excluding hydrogens is 344 g/mol. The maximum absolute atomic E-state index is 12.6. The average molecular weight is 368 g/mol. The lowest BCUT2D eigenvalue weighted by Crippen LogP contribution is -2.55. The lowest BCUT2D eigenvalue weighted by molar-refractivity contribution is -0.139. The van der Waals surface area contributed by atoms with E-state index in [-0.39, 0.29) is 23.7 Å². The van der Waals surface area contributed by atoms with Crippen LogP contribution in [0.15, 0.2) is 11.2 Å². The third kappa shape index (κ3) is 3.58. The molecule has 2 fully saturated rings. The summed E-state index contributed by atoms with van der Waals surface area (Å²) < 4.78 is 29.8. The van der Waals surface area contributed by atoms with Gasteiger partial charge in [-0.3, -0.25) is 9.69 Å². The van der Waals surface area contributed by atoms with Crippen LogP contribution in [-0.4, -0.2) is 59.1 Å². The number of imidazole rings is 1. The lowest BCUT2D eigenvalue weighted by atomic mass is 9.86. The van der Waals surface area contributed by atoms with Gasteiger partial charge < -0.3 is 9.67 Å². The summed E-state index contributed by atoms with van der Waals surface area (Å²) in [6, 6.07) is 0.0265. The molecule has 4 rings (SSSR count). The number of carboxylic acids is 1. The van der Waals surface area contributed by atoms with E-state index in [0.717, 1.165) is 25.2 Å². The van der Waals surface area contributed by atoms with Crippen molar-refractivity contribution in [3.8, 4) is 0 Å². The van der Waals surface area contributed by atoms with Gasteiger partial charge in [-0.05, 0) is 38.0 Å². The van der Waals surface area contributed by atoms with Gasteiger partial charge >= 0.3 is 5.97 Å². The summed E-state index contributed by atoms with van der Waals surface area (Å²) in [5.41, 5.74) is 0. The summed E-state index contributed by atoms with van der Waals surface area (Å²) in [5.74, 6) is 0.632. The van der Waals surface area contributed by atoms with E-state index in [1.165, 1.54) is 19.0 Å². The molecule has 0 spiro atoms. The molecule has 0 amide bonds. The van der Waals surface area contributed by atoms with Crippen LogP contribution < -0.4 is 4.72 Å². The maximum Gasteiger partial charge on any atom is 0.317 e. The highest BCUT2D eigenvalue weighted by molar-refractivity contribution is 7.89. The van der Waals surface area contributed by atoms with Crippen molar-refractivity contribution in [2.45, 2.75) is 62.2 Å². The number of aryl methyl sites for hydroxylation is 1. The summed E-state index contributed by atoms with van der Waals surface area (Å²) in [5, 5.41) is 9.34. The van der Waals surface area contributed by atoms with Crippen molar-refractivity contribution < 1.29 is 18.3 Å². The quantitative estimate of drug-likeness (QED) is 0.690. The van der Waals surface area contributed by atoms with Crippen LogP contribution in [0.2, 0.25) is 0 Å². The molecule has 1 aromatic heterocycles. The predicted octanol–water partition coefficient (Wildman–Crippen LogP) is 0.435. The number of carboxylic acid groups (broad SMARTS) is 1. The number of hydrogen-bond acceptors (Lipinski definition) is 5. The second kappa shape index (κ2) is 6.37. The first-order valence-corrected chi connectivity index (χ1v) is 10.4. The SMILES string of the molecule is O=C(O)CN(CC1CC1)C1CC(NS(=O)(=O)c2cnc3n2CCC3)C1. The van der Waals surface area contributed by atoms with E-state index in [1.807, 2.05) is 4.90 Å². The monoisotopic (exact) mass is 368 g/mol. The molecule has 0 saturated heterocycles. The van der Waals surface area contributed by atoms with Gasteiger partial charge in [0.1, 0.15) is 5.82 Å². The summed E-state index contributed by atoms with van der Waals surface area (Å²) in [6.07, 6.45) is 6.88. The van der Waals surface area contributed by atoms with Crippen LogP contribution >= 0.6 is 0 Å². The van der Waals surface area contributed by atoms with Gasteiger partial charge in [-0.1, -0.05) is 0 Å². The van der Waals surface area contributed by atoms with Crippen molar-refractivity contribution in [2.75, 3.05) is 13.1 Å². The fourth-order valence-electron chi connectivity index (χ4n) is 3.86. The van der Waals surface area contributed by atoms with E-state index in [9.17, 15) is 13.2 Å². The zero-order valence-electron chi connectivity index (χ0n) is 14.1. The van der Waals surface area contributed by atoms with Gasteiger partial charge in [0.2, 0.25) is 0 Å². The van der Waals surface area contributed by atoms with E-state index >= 15 is 0 Å². The Balaban J connectivity index is 1.36. The van der Waals surface area contributed by atoms with Crippen molar-refractivity contribution in [3.05, 3.63) is 12.0 Å². The molecule has 2 aliphatic carbocycles. The smallest absolute Gasteiger partial charge is 0.317 e. The van der Waals surface area contributed by atoms with E-state index < -0.39 is 16.0 Å². The second-order valence-corrected chi connectivity index (χ2v) is 9.14. The normalized spacial score (nSPS) is 25.8. The number of nitrogens with zero attached hydrogens (tertiary/aromatic N) is 3. The molecular formula is C16H24N4O4S. The minimum atomic E-state index is -3.57. The van der Waals surface area contributed by atoms with Gasteiger partial charge in [0.15, 0.2) is 5.03 Å². The molecule has 0 atom stereocenters. The predicted molar refractivity (Wildman–Crippen MR) is 89.6 cm³/mol. The molecule has 138 valence electrons. The van der Waals surface area contributed by atoms with Crippen LogP contribution in [0.5, 0.6) is 0 Å². The molecule has 2 saturated carbocycles. The molecule has 0 radical (unpaired) electrons. The Morgan fingerprint density at radius 3 is 2.84 bits per heavy atom. The van der Waals surface area contributed by atoms with Crippen molar-refractivity contribution in [2.24, 2.45) is 5.92 Å². The number of carbonyl (C=O) groups is 1. The number of hydrogen-bond donors (Lipinski definition) is 2. The van der Waals surface area contributed by atoms with E-state index in [1.54, 1.807) is 4.57 Å². The first-order valence-electron chi connectivity index (χ1n) is 8.95. The molecule has 9 heteroatoms. The Bertz CT molecular complexity index is 765. The van der Waals surface area contributed by atoms with E-state index in [4.69, 9.17) is 5.11 Å². The zero-order chi connectivity index (χ0) is 17.6. The Hall–Kier alpha value is -1.45. The molecule has 0 aromatic carbocycles. The molecule has 0 bridgehead atoms. The molecule has 2 N–H and O–H groups in total. The fourth-order valence-corrected chi connectivity index (χ4v) is 5.29. The van der Waals surface area contributed by atoms with Gasteiger partial charge in [-0.25, -0.2) is 18.1 Å². The molecule has 1 aromatic rings. The van der Waals surface area contributed by atoms with Gasteiger partial charge in [0.05, 0.1) is 12.7 Å². The standard InChI is InChI=1S/C16H24N4O4S/c21-16(22)10-19(9-11-3-4-11)13-6-12(7-13)18-25(23,24)15-8-17-14-2-1-5-20(14)15/h8,11-13,18H,1-7,9-10H2,(H,21,22). The summed E-state index contributed by atoms with van der Waals surface area (Å²) in [7, 11) is -3.57. The van der Waals surface area contributed by atoms with Crippen LogP contribution in [0.4, 0.5) is 0 Å². The molecule has 8 nitrogen and oxygen atoms in total. The van der Waals surface area contributed by atoms with Gasteiger partial charge in [-0.15, -0.1) is 0 Å². The number of aromatic nitrogens is 2. The van der Waals surface area contributed by atoms with Crippen LogP contribution in [-0.2, 0) is 27.8 Å². The minimum Gasteiger partial charge on any atom is -0.480 e. The Morgan fingerprint density at radius 2 is 2.16 bits per heavy atom. The number of rotatable bonds is 8. The number of aliphatic carboxylic acids is 1. The summed E-state index contributed by atoms with van der Waals surface area (Å²) in [6.45, 7) is 1.55. The molecule has 2 heterocycles. The third-order valence-electron chi connectivity index (χ3n) is 5.44. The maximum atomic E-state index is 12.6. The van der Waals surface area contributed by atoms with Crippen molar-refractivity contribution in [3.63, 3.8) is 0 Å². The Kier molecular flexibility index (Phi) is 4.33. The first-order chi connectivity index (χ1) is 11.9. The van der Waals surface area contributed by atoms with Crippen molar-refractivity contribution in [1.29, 1.82) is 0 Å². The van der Waals surface area contributed by atoms with Crippen LogP contribution in [0.3, 0.4) is 0 Å². The Labute approximate surface area is 147 Å². The number of sulfonamides is 1. The second-order valence-electron chi connectivity index (χ2n) is 7.48. The summed E-state index contributed by atoms with van der Waals surface area (Å²) in [4.78, 5) is 17.3. The number of nitrogens with one attached hydrogen (secondary N) is 1. The highest BCUT2D eigenvalue weighted by Crippen LogP contribution is 2.34. The minimum absolute atomic E-state index is 0.0385. The summed E-state index contributed by atoms with van der Waals surface area (Å²) >= 11 is 0.